The summed E-state index contributed by atoms with van der Waals surface area (Å²) in [5, 5.41) is 0. The van der Waals surface area contributed by atoms with E-state index in [-0.39, 0.29) is 0 Å². The summed E-state index contributed by atoms with van der Waals surface area (Å²) in [4.78, 5) is 9.05. The van der Waals surface area contributed by atoms with Crippen LogP contribution < -0.4 is 0 Å². The molecule has 32 valence electrons. The van der Waals surface area contributed by atoms with Gasteiger partial charge in [0.2, 0.25) is 0 Å². The van der Waals surface area contributed by atoms with Crippen LogP contribution in [0.25, 0.3) is 0 Å². The van der Waals surface area contributed by atoms with E-state index >= 15 is 0 Å². The summed E-state index contributed by atoms with van der Waals surface area (Å²) in [6, 6.07) is 0. The molecule has 6 heavy (non-hydrogen) atoms. The van der Waals surface area contributed by atoms with E-state index in [0.717, 1.165) is 5.94 Å². The molecule has 0 saturated carbocycles. The van der Waals surface area contributed by atoms with Crippen LogP contribution in [-0.4, -0.2) is 5.94 Å². The topological polar surface area (TPSA) is 51.2 Å². The first-order valence-electron chi connectivity index (χ1n) is 1.12. The second-order valence-corrected chi connectivity index (χ2v) is 1.36. The minimum atomic E-state index is -2.65. The second-order valence-electron chi connectivity index (χ2n) is 0.532. The highest BCUT2D eigenvalue weighted by Gasteiger charge is 1.70. The molecule has 0 heterocycles. The van der Waals surface area contributed by atoms with Crippen molar-refractivity contribution in [3.8, 4) is 0 Å². The van der Waals surface area contributed by atoms with Crippen LogP contribution in [0, 0.1) is 0 Å². The van der Waals surface area contributed by atoms with Crippen molar-refractivity contribution in [3.63, 3.8) is 0 Å². The third kappa shape index (κ3) is 3.35. The van der Waals surface area contributed by atoms with Crippen LogP contribution in [-0.2, 0) is 13.9 Å². The van der Waals surface area contributed by atoms with Gasteiger partial charge in [0.05, 0.1) is 0 Å². The van der Waals surface area contributed by atoms with Gasteiger partial charge >= 0.3 is 7.68 Å². The first kappa shape index (κ1) is 5.35. The van der Waals surface area contributed by atoms with E-state index < -0.39 is 7.68 Å². The molecule has 0 rings (SSSR count). The molecule has 0 aromatic rings. The highest BCUT2D eigenvalue weighted by atomic mass is 31.1. The van der Waals surface area contributed by atoms with Crippen molar-refractivity contribution >= 4 is 13.6 Å². The van der Waals surface area contributed by atoms with Crippen LogP contribution in [0.4, 0.5) is 0 Å². The molecule has 0 atom stereocenters. The molecular formula is C2HO3P. The Labute approximate surface area is 34.5 Å². The van der Waals surface area contributed by atoms with Crippen LogP contribution in [0.1, 0.15) is 0 Å². The highest BCUT2D eigenvalue weighted by molar-refractivity contribution is 7.35. The van der Waals surface area contributed by atoms with Gasteiger partial charge in [-0.05, 0) is 0 Å². The average molecular weight is 104 g/mol. The fraction of sp³-hybridized carbons (Fsp3) is 0. The fourth-order valence-electron chi connectivity index (χ4n) is 0.0430. The first-order chi connectivity index (χ1) is 2.77. The normalized spacial score (nSPS) is 6.00. The summed E-state index contributed by atoms with van der Waals surface area (Å²) >= 11 is 0. The predicted molar refractivity (Wildman–Crippen MR) is 18.6 cm³/mol. The second kappa shape index (κ2) is 2.58. The number of hydrogen-bond donors (Lipinski definition) is 0. The minimum absolute atomic E-state index is 0.440. The molecule has 0 aliphatic carbocycles. The Kier molecular flexibility index (Phi) is 2.30. The van der Waals surface area contributed by atoms with Crippen molar-refractivity contribution in [1.82, 2.24) is 0 Å². The van der Waals surface area contributed by atoms with Crippen LogP contribution in [0.2, 0.25) is 0 Å². The predicted octanol–water partition coefficient (Wildman–Crippen LogP) is 0.505. The van der Waals surface area contributed by atoms with Crippen LogP contribution >= 0.6 is 7.68 Å². The molecule has 4 heteroatoms. The smallest absolute Gasteiger partial charge is 0.233 e. The standard InChI is InChI=1S/C2HO3P/c3-1-2-6(4)5/h2H. The van der Waals surface area contributed by atoms with E-state index in [0.29, 0.717) is 5.82 Å². The molecule has 0 N–H and O–H groups in total. The third-order valence-corrected chi connectivity index (χ3v) is 0.474. The van der Waals surface area contributed by atoms with E-state index in [1.807, 2.05) is 0 Å². The Balaban J connectivity index is 3.98. The first-order valence-corrected chi connectivity index (χ1v) is 2.36. The zero-order chi connectivity index (χ0) is 4.99. The average Bonchev–Trinajstić information content (AvgIpc) is 1.35. The Morgan fingerprint density at radius 1 is 1.50 bits per heavy atom. The van der Waals surface area contributed by atoms with Gasteiger partial charge in [-0.25, -0.2) is 13.9 Å². The van der Waals surface area contributed by atoms with Gasteiger partial charge in [0.1, 0.15) is 11.8 Å². The molecule has 0 aliphatic heterocycles. The SMILES string of the molecule is O=C=CP(=O)=O. The monoisotopic (exact) mass is 104 g/mol. The molecule has 0 fully saturated rings. The van der Waals surface area contributed by atoms with Gasteiger partial charge in [-0.15, -0.1) is 0 Å². The summed E-state index contributed by atoms with van der Waals surface area (Å²) in [5.74, 6) is 1.54. The molecule has 3 nitrogen and oxygen atoms in total. The Bertz CT molecular complexity index is 131. The maximum atomic E-state index is 9.32. The molecule has 0 aromatic carbocycles. The molecule has 0 aliphatic rings. The maximum absolute atomic E-state index is 9.32. The summed E-state index contributed by atoms with van der Waals surface area (Å²) in [6.45, 7) is 0. The van der Waals surface area contributed by atoms with Crippen molar-refractivity contribution < 1.29 is 13.9 Å². The molecule has 0 amide bonds. The lowest BCUT2D eigenvalue weighted by molar-refractivity contribution is 0.522. The lowest BCUT2D eigenvalue weighted by atomic mass is 11.2. The van der Waals surface area contributed by atoms with Crippen molar-refractivity contribution in [1.29, 1.82) is 0 Å². The minimum Gasteiger partial charge on any atom is -0.233 e. The zero-order valence-electron chi connectivity index (χ0n) is 2.75. The lowest BCUT2D eigenvalue weighted by Gasteiger charge is -1.41. The molecule has 0 spiro atoms. The van der Waals surface area contributed by atoms with E-state index in [1.165, 1.54) is 0 Å². The van der Waals surface area contributed by atoms with Gasteiger partial charge in [-0.2, -0.15) is 0 Å². The van der Waals surface area contributed by atoms with Crippen molar-refractivity contribution in [3.05, 3.63) is 5.82 Å². The van der Waals surface area contributed by atoms with Crippen LogP contribution in [0.3, 0.4) is 0 Å². The summed E-state index contributed by atoms with van der Waals surface area (Å²) < 4.78 is 18.6. The van der Waals surface area contributed by atoms with Gasteiger partial charge in [0, 0.05) is 0 Å². The number of rotatable bonds is 1. The molecule has 0 unspecified atom stereocenters. The molecule has 0 radical (unpaired) electrons. The number of hydrogen-bond acceptors (Lipinski definition) is 3. The molecule has 0 saturated heterocycles. The van der Waals surface area contributed by atoms with Gasteiger partial charge in [0.15, 0.2) is 0 Å². The Hall–Kier alpha value is -0.650. The lowest BCUT2D eigenvalue weighted by Crippen LogP contribution is -1.34. The maximum Gasteiger partial charge on any atom is 0.352 e. The van der Waals surface area contributed by atoms with Crippen molar-refractivity contribution in [2.24, 2.45) is 0 Å². The van der Waals surface area contributed by atoms with E-state index in [2.05, 4.69) is 0 Å². The van der Waals surface area contributed by atoms with Gasteiger partial charge in [0.25, 0.3) is 0 Å². The van der Waals surface area contributed by atoms with Gasteiger partial charge in [-0.3, -0.25) is 0 Å². The van der Waals surface area contributed by atoms with E-state index in [9.17, 15) is 9.13 Å². The molecular weight excluding hydrogens is 103 g/mol. The van der Waals surface area contributed by atoms with Crippen molar-refractivity contribution in [2.75, 3.05) is 0 Å². The van der Waals surface area contributed by atoms with Crippen LogP contribution in [0.5, 0.6) is 0 Å². The Morgan fingerprint density at radius 3 is 2.00 bits per heavy atom. The number of carbonyl (C=O) groups excluding carboxylic acids is 1. The van der Waals surface area contributed by atoms with Crippen LogP contribution in [0.15, 0.2) is 5.82 Å². The molecule has 0 aromatic heterocycles. The summed E-state index contributed by atoms with van der Waals surface area (Å²) in [7, 11) is -2.65. The third-order valence-electron chi connectivity index (χ3n) is 0.158. The van der Waals surface area contributed by atoms with Gasteiger partial charge in [-0.1, -0.05) is 0 Å². The highest BCUT2D eigenvalue weighted by Crippen LogP contribution is 1.98. The molecule has 0 bridgehead atoms. The summed E-state index contributed by atoms with van der Waals surface area (Å²) in [6.07, 6.45) is 0. The Morgan fingerprint density at radius 2 is 2.00 bits per heavy atom. The van der Waals surface area contributed by atoms with Crippen molar-refractivity contribution in [2.45, 2.75) is 0 Å². The van der Waals surface area contributed by atoms with E-state index in [1.54, 1.807) is 0 Å². The van der Waals surface area contributed by atoms with Gasteiger partial charge < -0.3 is 0 Å². The van der Waals surface area contributed by atoms with E-state index in [4.69, 9.17) is 4.79 Å². The largest absolute Gasteiger partial charge is 0.352 e. The fourth-order valence-corrected chi connectivity index (χ4v) is 0.129. The zero-order valence-corrected chi connectivity index (χ0v) is 3.64. The summed E-state index contributed by atoms with van der Waals surface area (Å²) in [5.41, 5.74) is 0. The quantitative estimate of drug-likeness (QED) is 0.359.